The van der Waals surface area contributed by atoms with Gasteiger partial charge in [0.15, 0.2) is 11.6 Å². The molecule has 1 fully saturated rings. The van der Waals surface area contributed by atoms with Gasteiger partial charge >= 0.3 is 6.09 Å². The molecule has 0 bridgehead atoms. The number of carbonyl (C=O) groups is 2. The van der Waals surface area contributed by atoms with E-state index in [-0.39, 0.29) is 29.3 Å². The molecule has 30 heavy (non-hydrogen) atoms. The van der Waals surface area contributed by atoms with Crippen LogP contribution in [0.25, 0.3) is 0 Å². The molecule has 0 radical (unpaired) electrons. The number of rotatable bonds is 6. The Bertz CT molecular complexity index is 966. The molecule has 0 spiro atoms. The van der Waals surface area contributed by atoms with Crippen LogP contribution in [0.1, 0.15) is 47.2 Å². The summed E-state index contributed by atoms with van der Waals surface area (Å²) in [6, 6.07) is 6.03. The number of nitrogens with zero attached hydrogens (tertiary/aromatic N) is 1. The molecule has 2 atom stereocenters. The third-order valence-electron chi connectivity index (χ3n) is 5.41. The number of halogens is 1. The highest BCUT2D eigenvalue weighted by atomic mass is 19.1. The average Bonchev–Trinajstić information content (AvgIpc) is 2.68. The number of hydrogen-bond acceptors (Lipinski definition) is 5. The van der Waals surface area contributed by atoms with Gasteiger partial charge in [0, 0.05) is 11.7 Å². The van der Waals surface area contributed by atoms with Gasteiger partial charge in [-0.2, -0.15) is 0 Å². The number of anilines is 3. The molecule has 1 aliphatic carbocycles. The molecule has 160 valence electrons. The third kappa shape index (κ3) is 4.97. The summed E-state index contributed by atoms with van der Waals surface area (Å²) in [6.07, 6.45) is 1.98. The number of hydrogen-bond donors (Lipinski definition) is 5. The SMILES string of the molecule is Cc1ccc(Nc2nc(N[C@@H]3CCCC[C@@H]3NC(=O)O)c(F)cc2C(N)=O)cc1C. The highest BCUT2D eigenvalue weighted by Gasteiger charge is 2.28. The van der Waals surface area contributed by atoms with Crippen LogP contribution in [0.4, 0.5) is 26.5 Å². The zero-order chi connectivity index (χ0) is 21.8. The lowest BCUT2D eigenvalue weighted by Crippen LogP contribution is -2.48. The smallest absolute Gasteiger partial charge is 0.404 e. The van der Waals surface area contributed by atoms with E-state index in [0.717, 1.165) is 30.0 Å². The Morgan fingerprint density at radius 3 is 2.43 bits per heavy atom. The number of nitrogens with one attached hydrogen (secondary N) is 3. The minimum atomic E-state index is -1.12. The lowest BCUT2D eigenvalue weighted by molar-refractivity contribution is 0.100. The van der Waals surface area contributed by atoms with Crippen molar-refractivity contribution in [2.45, 2.75) is 51.6 Å². The molecule has 8 nitrogen and oxygen atoms in total. The monoisotopic (exact) mass is 415 g/mol. The van der Waals surface area contributed by atoms with E-state index in [9.17, 15) is 14.0 Å². The number of carboxylic acid groups (broad SMARTS) is 1. The summed E-state index contributed by atoms with van der Waals surface area (Å²) in [4.78, 5) is 27.2. The molecule has 0 aliphatic heterocycles. The van der Waals surface area contributed by atoms with Gasteiger partial charge in [0.05, 0.1) is 11.6 Å². The minimum absolute atomic E-state index is 0.0598. The highest BCUT2D eigenvalue weighted by molar-refractivity contribution is 5.98. The van der Waals surface area contributed by atoms with Crippen LogP contribution in [-0.4, -0.2) is 34.2 Å². The number of pyridine rings is 1. The van der Waals surface area contributed by atoms with Gasteiger partial charge in [-0.25, -0.2) is 14.2 Å². The molecule has 1 aliphatic rings. The molecule has 2 amide bonds. The van der Waals surface area contributed by atoms with Crippen molar-refractivity contribution < 1.29 is 19.1 Å². The van der Waals surface area contributed by atoms with Crippen molar-refractivity contribution in [3.05, 3.63) is 46.8 Å². The Hall–Kier alpha value is -3.36. The number of aromatic nitrogens is 1. The van der Waals surface area contributed by atoms with Gasteiger partial charge in [-0.3, -0.25) is 4.79 Å². The van der Waals surface area contributed by atoms with Crippen molar-refractivity contribution in [3.63, 3.8) is 0 Å². The zero-order valence-corrected chi connectivity index (χ0v) is 17.0. The van der Waals surface area contributed by atoms with Crippen LogP contribution in [0.2, 0.25) is 0 Å². The molecule has 0 unspecified atom stereocenters. The van der Waals surface area contributed by atoms with Crippen LogP contribution in [0.3, 0.4) is 0 Å². The summed E-state index contributed by atoms with van der Waals surface area (Å²) in [5.41, 5.74) is 8.20. The number of primary amides is 1. The molecule has 2 aromatic rings. The van der Waals surface area contributed by atoms with Gasteiger partial charge < -0.3 is 26.8 Å². The van der Waals surface area contributed by atoms with Crippen molar-refractivity contribution in [1.29, 1.82) is 0 Å². The first kappa shape index (κ1) is 21.4. The molecule has 1 aromatic carbocycles. The fourth-order valence-electron chi connectivity index (χ4n) is 3.64. The number of nitrogens with two attached hydrogens (primary N) is 1. The second kappa shape index (κ2) is 8.98. The predicted octanol–water partition coefficient (Wildman–Crippen LogP) is 3.67. The Labute approximate surface area is 174 Å². The van der Waals surface area contributed by atoms with E-state index < -0.39 is 17.8 Å². The second-order valence-corrected chi connectivity index (χ2v) is 7.59. The molecule has 9 heteroatoms. The summed E-state index contributed by atoms with van der Waals surface area (Å²) in [7, 11) is 0. The molecular formula is C21H26FN5O3. The Kier molecular flexibility index (Phi) is 6.39. The van der Waals surface area contributed by atoms with Gasteiger partial charge in [0.1, 0.15) is 5.82 Å². The van der Waals surface area contributed by atoms with E-state index >= 15 is 0 Å². The molecule has 0 saturated heterocycles. The maximum absolute atomic E-state index is 14.7. The van der Waals surface area contributed by atoms with Gasteiger partial charge in [-0.1, -0.05) is 18.9 Å². The number of benzene rings is 1. The maximum atomic E-state index is 14.7. The average molecular weight is 415 g/mol. The lowest BCUT2D eigenvalue weighted by atomic mass is 9.90. The van der Waals surface area contributed by atoms with Gasteiger partial charge in [0.2, 0.25) is 0 Å². The van der Waals surface area contributed by atoms with E-state index in [2.05, 4.69) is 20.9 Å². The number of carbonyl (C=O) groups excluding carboxylic acids is 1. The van der Waals surface area contributed by atoms with Crippen LogP contribution in [0.5, 0.6) is 0 Å². The van der Waals surface area contributed by atoms with Crippen molar-refractivity contribution in [3.8, 4) is 0 Å². The summed E-state index contributed by atoms with van der Waals surface area (Å²) >= 11 is 0. The molecular weight excluding hydrogens is 389 g/mol. The van der Waals surface area contributed by atoms with E-state index in [1.807, 2.05) is 32.0 Å². The first-order chi connectivity index (χ1) is 14.2. The van der Waals surface area contributed by atoms with Crippen LogP contribution >= 0.6 is 0 Å². The molecule has 1 heterocycles. The van der Waals surface area contributed by atoms with Crippen molar-refractivity contribution in [2.24, 2.45) is 5.73 Å². The van der Waals surface area contributed by atoms with Crippen LogP contribution in [0, 0.1) is 19.7 Å². The number of aryl methyl sites for hydroxylation is 2. The van der Waals surface area contributed by atoms with Gasteiger partial charge in [-0.05, 0) is 56.0 Å². The van der Waals surface area contributed by atoms with E-state index in [1.165, 1.54) is 0 Å². The largest absolute Gasteiger partial charge is 0.465 e. The number of amides is 2. The maximum Gasteiger partial charge on any atom is 0.404 e. The quantitative estimate of drug-likeness (QED) is 0.489. The summed E-state index contributed by atoms with van der Waals surface area (Å²) in [5.74, 6) is -1.46. The Balaban J connectivity index is 1.91. The van der Waals surface area contributed by atoms with E-state index in [1.54, 1.807) is 0 Å². The summed E-state index contributed by atoms with van der Waals surface area (Å²) < 4.78 is 14.7. The Morgan fingerprint density at radius 2 is 1.80 bits per heavy atom. The first-order valence-electron chi connectivity index (χ1n) is 9.85. The fourth-order valence-corrected chi connectivity index (χ4v) is 3.64. The van der Waals surface area contributed by atoms with Crippen LogP contribution in [-0.2, 0) is 0 Å². The lowest BCUT2D eigenvalue weighted by Gasteiger charge is -2.32. The summed E-state index contributed by atoms with van der Waals surface area (Å²) in [5, 5.41) is 17.6. The second-order valence-electron chi connectivity index (χ2n) is 7.59. The third-order valence-corrected chi connectivity index (χ3v) is 5.41. The van der Waals surface area contributed by atoms with Gasteiger partial charge in [0.25, 0.3) is 5.91 Å². The first-order valence-corrected chi connectivity index (χ1v) is 9.85. The highest BCUT2D eigenvalue weighted by Crippen LogP contribution is 2.27. The molecule has 1 aromatic heterocycles. The predicted molar refractivity (Wildman–Crippen MR) is 113 cm³/mol. The van der Waals surface area contributed by atoms with E-state index in [0.29, 0.717) is 18.5 Å². The standard InChI is InChI=1S/C21H26FN5O3/c1-11-7-8-13(9-12(11)2)24-19-14(18(23)28)10-15(22)20(27-19)25-16-5-3-4-6-17(16)26-21(29)30/h7-10,16-17,26H,3-6H2,1-2H3,(H2,23,28)(H,29,30)(H2,24,25,27)/t16-,17+/m1/s1. The Morgan fingerprint density at radius 1 is 1.10 bits per heavy atom. The van der Waals surface area contributed by atoms with Crippen molar-refractivity contribution in [2.75, 3.05) is 10.6 Å². The molecule has 1 saturated carbocycles. The molecule has 3 rings (SSSR count). The topological polar surface area (TPSA) is 129 Å². The minimum Gasteiger partial charge on any atom is -0.465 e. The zero-order valence-electron chi connectivity index (χ0n) is 17.0. The molecule has 6 N–H and O–H groups in total. The van der Waals surface area contributed by atoms with Gasteiger partial charge in [-0.15, -0.1) is 0 Å². The summed E-state index contributed by atoms with van der Waals surface area (Å²) in [6.45, 7) is 3.94. The normalized spacial score (nSPS) is 18.5. The fraction of sp³-hybridized carbons (Fsp3) is 0.381. The van der Waals surface area contributed by atoms with Crippen molar-refractivity contribution >= 4 is 29.3 Å². The van der Waals surface area contributed by atoms with Crippen molar-refractivity contribution in [1.82, 2.24) is 10.3 Å². The van der Waals surface area contributed by atoms with Crippen LogP contribution in [0.15, 0.2) is 24.3 Å². The van der Waals surface area contributed by atoms with Crippen LogP contribution < -0.4 is 21.7 Å². The van der Waals surface area contributed by atoms with E-state index in [4.69, 9.17) is 10.8 Å².